The molecule has 1 saturated heterocycles. The smallest absolute Gasteiger partial charge is 0.132 e. The van der Waals surface area contributed by atoms with E-state index in [4.69, 9.17) is 9.47 Å². The summed E-state index contributed by atoms with van der Waals surface area (Å²) in [6, 6.07) is 8.56. The van der Waals surface area contributed by atoms with E-state index in [0.717, 1.165) is 18.9 Å². The van der Waals surface area contributed by atoms with E-state index < -0.39 is 0 Å². The molecule has 1 aromatic rings. The summed E-state index contributed by atoms with van der Waals surface area (Å²) in [6.45, 7) is 4.64. The van der Waals surface area contributed by atoms with Crippen LogP contribution in [0.25, 0.3) is 0 Å². The van der Waals surface area contributed by atoms with Gasteiger partial charge < -0.3 is 14.8 Å². The Labute approximate surface area is 120 Å². The molecule has 1 N–H and O–H groups in total. The Morgan fingerprint density at radius 3 is 3.05 bits per heavy atom. The van der Waals surface area contributed by atoms with Crippen molar-refractivity contribution in [2.45, 2.75) is 36.8 Å². The van der Waals surface area contributed by atoms with Gasteiger partial charge in [-0.3, -0.25) is 0 Å². The Morgan fingerprint density at radius 2 is 2.32 bits per heavy atom. The summed E-state index contributed by atoms with van der Waals surface area (Å²) in [5, 5.41) is 3.48. The van der Waals surface area contributed by atoms with Crippen molar-refractivity contribution in [3.05, 3.63) is 24.3 Å². The summed E-state index contributed by atoms with van der Waals surface area (Å²) in [4.78, 5) is 1.19. The summed E-state index contributed by atoms with van der Waals surface area (Å²) in [6.07, 6.45) is 4.80. The molecule has 19 heavy (non-hydrogen) atoms. The van der Waals surface area contributed by atoms with Gasteiger partial charge in [0.25, 0.3) is 0 Å². The standard InChI is InChI=1S/C15H23NO2S/c1-12(13-7-5-10-17-13)16-9-11-18-14-6-3-4-8-15(14)19-2/h3-4,6,8,12-13,16H,5,7,9-11H2,1-2H3. The first kappa shape index (κ1) is 14.7. The van der Waals surface area contributed by atoms with Crippen LogP contribution in [-0.4, -0.2) is 38.2 Å². The topological polar surface area (TPSA) is 30.5 Å². The minimum absolute atomic E-state index is 0.374. The molecule has 0 saturated carbocycles. The van der Waals surface area contributed by atoms with Gasteiger partial charge in [0.15, 0.2) is 0 Å². The zero-order valence-corrected chi connectivity index (χ0v) is 12.5. The Balaban J connectivity index is 1.68. The van der Waals surface area contributed by atoms with Gasteiger partial charge in [-0.25, -0.2) is 0 Å². The second-order valence-electron chi connectivity index (χ2n) is 4.79. The monoisotopic (exact) mass is 281 g/mol. The van der Waals surface area contributed by atoms with E-state index in [9.17, 15) is 0 Å². The normalized spacial score (nSPS) is 20.4. The molecule has 1 aliphatic heterocycles. The zero-order valence-electron chi connectivity index (χ0n) is 11.7. The van der Waals surface area contributed by atoms with Crippen LogP contribution >= 0.6 is 11.8 Å². The molecule has 0 amide bonds. The Morgan fingerprint density at radius 1 is 1.47 bits per heavy atom. The van der Waals surface area contributed by atoms with Crippen molar-refractivity contribution >= 4 is 11.8 Å². The Kier molecular flexibility index (Phi) is 6.01. The van der Waals surface area contributed by atoms with E-state index in [1.54, 1.807) is 11.8 Å². The van der Waals surface area contributed by atoms with Crippen LogP contribution in [0.3, 0.4) is 0 Å². The molecule has 1 aliphatic rings. The summed E-state index contributed by atoms with van der Waals surface area (Å²) < 4.78 is 11.5. The van der Waals surface area contributed by atoms with E-state index in [1.165, 1.54) is 17.7 Å². The van der Waals surface area contributed by atoms with Crippen molar-refractivity contribution in [3.8, 4) is 5.75 Å². The molecule has 0 spiro atoms. The third kappa shape index (κ3) is 4.41. The highest BCUT2D eigenvalue weighted by molar-refractivity contribution is 7.98. The molecule has 3 nitrogen and oxygen atoms in total. The lowest BCUT2D eigenvalue weighted by Crippen LogP contribution is -2.39. The average Bonchev–Trinajstić information content (AvgIpc) is 2.98. The fourth-order valence-electron chi connectivity index (χ4n) is 2.31. The SMILES string of the molecule is CSc1ccccc1OCCNC(C)C1CCCO1. The highest BCUT2D eigenvalue weighted by Gasteiger charge is 2.21. The van der Waals surface area contributed by atoms with E-state index in [1.807, 2.05) is 18.2 Å². The predicted molar refractivity (Wildman–Crippen MR) is 80.2 cm³/mol. The summed E-state index contributed by atoms with van der Waals surface area (Å²) in [5.74, 6) is 0.974. The van der Waals surface area contributed by atoms with Gasteiger partial charge in [0, 0.05) is 24.1 Å². The third-order valence-electron chi connectivity index (χ3n) is 3.42. The molecule has 1 fully saturated rings. The quantitative estimate of drug-likeness (QED) is 0.615. The molecule has 4 heteroatoms. The lowest BCUT2D eigenvalue weighted by atomic mass is 10.1. The third-order valence-corrected chi connectivity index (χ3v) is 4.19. The summed E-state index contributed by atoms with van der Waals surface area (Å²) in [5.41, 5.74) is 0. The Bertz CT molecular complexity index is 380. The number of benzene rings is 1. The molecule has 2 unspecified atom stereocenters. The lowest BCUT2D eigenvalue weighted by molar-refractivity contribution is 0.0824. The number of hydrogen-bond donors (Lipinski definition) is 1. The van der Waals surface area contributed by atoms with Crippen LogP contribution in [-0.2, 0) is 4.74 Å². The van der Waals surface area contributed by atoms with Crippen LogP contribution in [0, 0.1) is 0 Å². The first-order chi connectivity index (χ1) is 9.31. The molecule has 2 atom stereocenters. The first-order valence-corrected chi connectivity index (χ1v) is 8.14. The first-order valence-electron chi connectivity index (χ1n) is 6.92. The number of ether oxygens (including phenoxy) is 2. The molecular formula is C15H23NO2S. The van der Waals surface area contributed by atoms with Gasteiger partial charge in [0.2, 0.25) is 0 Å². The molecule has 0 aliphatic carbocycles. The maximum atomic E-state index is 5.82. The molecule has 0 radical (unpaired) electrons. The van der Waals surface area contributed by atoms with Crippen LogP contribution in [0.5, 0.6) is 5.75 Å². The summed E-state index contributed by atoms with van der Waals surface area (Å²) >= 11 is 1.71. The van der Waals surface area contributed by atoms with Crippen LogP contribution in [0.4, 0.5) is 0 Å². The molecule has 1 aromatic carbocycles. The second-order valence-corrected chi connectivity index (χ2v) is 5.64. The van der Waals surface area contributed by atoms with Crippen LogP contribution in [0.2, 0.25) is 0 Å². The number of hydrogen-bond acceptors (Lipinski definition) is 4. The van der Waals surface area contributed by atoms with Crippen molar-refractivity contribution in [2.24, 2.45) is 0 Å². The van der Waals surface area contributed by atoms with Crippen molar-refractivity contribution in [3.63, 3.8) is 0 Å². The molecule has 1 heterocycles. The van der Waals surface area contributed by atoms with E-state index in [-0.39, 0.29) is 0 Å². The van der Waals surface area contributed by atoms with Crippen molar-refractivity contribution in [2.75, 3.05) is 26.0 Å². The minimum Gasteiger partial charge on any atom is -0.491 e. The molecule has 0 aromatic heterocycles. The fraction of sp³-hybridized carbons (Fsp3) is 0.600. The van der Waals surface area contributed by atoms with Gasteiger partial charge in [0.05, 0.1) is 6.10 Å². The lowest BCUT2D eigenvalue weighted by Gasteiger charge is -2.20. The maximum absolute atomic E-state index is 5.82. The number of rotatable bonds is 7. The average molecular weight is 281 g/mol. The van der Waals surface area contributed by atoms with Gasteiger partial charge in [-0.2, -0.15) is 0 Å². The van der Waals surface area contributed by atoms with Crippen LogP contribution in [0.1, 0.15) is 19.8 Å². The van der Waals surface area contributed by atoms with Crippen molar-refractivity contribution in [1.82, 2.24) is 5.32 Å². The maximum Gasteiger partial charge on any atom is 0.132 e. The largest absolute Gasteiger partial charge is 0.491 e. The predicted octanol–water partition coefficient (Wildman–Crippen LogP) is 2.94. The van der Waals surface area contributed by atoms with Gasteiger partial charge in [0.1, 0.15) is 12.4 Å². The zero-order chi connectivity index (χ0) is 13.5. The minimum atomic E-state index is 0.374. The number of para-hydroxylation sites is 1. The second kappa shape index (κ2) is 7.78. The fourth-order valence-corrected chi connectivity index (χ4v) is 2.86. The van der Waals surface area contributed by atoms with Gasteiger partial charge in [-0.15, -0.1) is 11.8 Å². The van der Waals surface area contributed by atoms with Crippen LogP contribution < -0.4 is 10.1 Å². The van der Waals surface area contributed by atoms with Crippen LogP contribution in [0.15, 0.2) is 29.2 Å². The van der Waals surface area contributed by atoms with Crippen molar-refractivity contribution in [1.29, 1.82) is 0 Å². The molecule has 0 bridgehead atoms. The van der Waals surface area contributed by atoms with Crippen molar-refractivity contribution < 1.29 is 9.47 Å². The van der Waals surface area contributed by atoms with Gasteiger partial charge in [-0.1, -0.05) is 12.1 Å². The summed E-state index contributed by atoms with van der Waals surface area (Å²) in [7, 11) is 0. The van der Waals surface area contributed by atoms with Gasteiger partial charge in [-0.05, 0) is 38.2 Å². The molecular weight excluding hydrogens is 258 g/mol. The molecule has 106 valence electrons. The number of nitrogens with one attached hydrogen (secondary N) is 1. The highest BCUT2D eigenvalue weighted by atomic mass is 32.2. The van der Waals surface area contributed by atoms with E-state index >= 15 is 0 Å². The highest BCUT2D eigenvalue weighted by Crippen LogP contribution is 2.26. The van der Waals surface area contributed by atoms with E-state index in [0.29, 0.717) is 18.8 Å². The van der Waals surface area contributed by atoms with Gasteiger partial charge >= 0.3 is 0 Å². The Hall–Kier alpha value is -0.710. The van der Waals surface area contributed by atoms with E-state index in [2.05, 4.69) is 24.6 Å². The number of thioether (sulfide) groups is 1. The molecule has 2 rings (SSSR count).